The van der Waals surface area contributed by atoms with Crippen molar-refractivity contribution in [3.63, 3.8) is 0 Å². The quantitative estimate of drug-likeness (QED) is 0.776. The molecule has 4 heteroatoms. The second kappa shape index (κ2) is 3.85. The highest BCUT2D eigenvalue weighted by molar-refractivity contribution is 9.10. The zero-order valence-electron chi connectivity index (χ0n) is 7.17. The van der Waals surface area contributed by atoms with Crippen LogP contribution in [0.4, 0.5) is 0 Å². The Bertz CT molecular complexity index is 332. The molecule has 1 rings (SSSR count). The SMILES string of the molecule is CCCn1cnc(C)c(Br)c1=O. The van der Waals surface area contributed by atoms with Crippen molar-refractivity contribution < 1.29 is 0 Å². The summed E-state index contributed by atoms with van der Waals surface area (Å²) >= 11 is 3.20. The second-order valence-corrected chi connectivity index (χ2v) is 3.44. The van der Waals surface area contributed by atoms with Crippen molar-refractivity contribution in [2.75, 3.05) is 0 Å². The molecule has 0 aliphatic rings. The zero-order valence-corrected chi connectivity index (χ0v) is 8.76. The molecule has 0 atom stereocenters. The molecule has 0 fully saturated rings. The van der Waals surface area contributed by atoms with E-state index in [2.05, 4.69) is 20.9 Å². The van der Waals surface area contributed by atoms with Crippen LogP contribution in [0.25, 0.3) is 0 Å². The van der Waals surface area contributed by atoms with Crippen LogP contribution >= 0.6 is 15.9 Å². The fraction of sp³-hybridized carbons (Fsp3) is 0.500. The summed E-state index contributed by atoms with van der Waals surface area (Å²) in [5.41, 5.74) is 0.747. The van der Waals surface area contributed by atoms with E-state index in [9.17, 15) is 4.79 Å². The molecule has 0 radical (unpaired) electrons. The van der Waals surface area contributed by atoms with Gasteiger partial charge in [-0.25, -0.2) is 4.98 Å². The van der Waals surface area contributed by atoms with Crippen molar-refractivity contribution in [1.82, 2.24) is 9.55 Å². The maximum absolute atomic E-state index is 11.5. The summed E-state index contributed by atoms with van der Waals surface area (Å²) in [6.07, 6.45) is 2.53. The Labute approximate surface area is 79.6 Å². The Hall–Kier alpha value is -0.640. The van der Waals surface area contributed by atoms with Crippen LogP contribution in [0.5, 0.6) is 0 Å². The minimum absolute atomic E-state index is 0.00403. The first kappa shape index (κ1) is 9.45. The van der Waals surface area contributed by atoms with Crippen molar-refractivity contribution in [2.24, 2.45) is 0 Å². The van der Waals surface area contributed by atoms with Gasteiger partial charge in [-0.3, -0.25) is 9.36 Å². The lowest BCUT2D eigenvalue weighted by atomic mass is 10.4. The highest BCUT2D eigenvalue weighted by Crippen LogP contribution is 2.05. The molecule has 12 heavy (non-hydrogen) atoms. The van der Waals surface area contributed by atoms with Crippen LogP contribution in [0.2, 0.25) is 0 Å². The molecule has 0 saturated heterocycles. The average Bonchev–Trinajstić information content (AvgIpc) is 2.07. The standard InChI is InChI=1S/C8H11BrN2O/c1-3-4-11-5-10-6(2)7(9)8(11)12/h5H,3-4H2,1-2H3. The minimum atomic E-state index is 0.00403. The molecule has 3 nitrogen and oxygen atoms in total. The fourth-order valence-corrected chi connectivity index (χ4v) is 1.28. The summed E-state index contributed by atoms with van der Waals surface area (Å²) in [5.74, 6) is 0. The van der Waals surface area contributed by atoms with Gasteiger partial charge in [0.15, 0.2) is 0 Å². The lowest BCUT2D eigenvalue weighted by Crippen LogP contribution is -2.21. The van der Waals surface area contributed by atoms with Crippen LogP contribution in [0.3, 0.4) is 0 Å². The summed E-state index contributed by atoms with van der Waals surface area (Å²) in [6, 6.07) is 0. The number of aryl methyl sites for hydroxylation is 2. The highest BCUT2D eigenvalue weighted by atomic mass is 79.9. The van der Waals surface area contributed by atoms with E-state index in [1.54, 1.807) is 10.9 Å². The van der Waals surface area contributed by atoms with Gasteiger partial charge < -0.3 is 0 Å². The number of nitrogens with zero attached hydrogens (tertiary/aromatic N) is 2. The van der Waals surface area contributed by atoms with Crippen LogP contribution < -0.4 is 5.56 Å². The average molecular weight is 231 g/mol. The molecule has 0 spiro atoms. The number of halogens is 1. The van der Waals surface area contributed by atoms with E-state index < -0.39 is 0 Å². The molecule has 0 aromatic carbocycles. The molecule has 0 unspecified atom stereocenters. The molecule has 1 aromatic rings. The molecule has 0 aliphatic carbocycles. The Morgan fingerprint density at radius 2 is 2.33 bits per heavy atom. The minimum Gasteiger partial charge on any atom is -0.298 e. The molecule has 1 heterocycles. The molecular weight excluding hydrogens is 220 g/mol. The van der Waals surface area contributed by atoms with E-state index in [-0.39, 0.29) is 5.56 Å². The monoisotopic (exact) mass is 230 g/mol. The molecule has 0 aliphatic heterocycles. The van der Waals surface area contributed by atoms with Crippen molar-refractivity contribution >= 4 is 15.9 Å². The normalized spacial score (nSPS) is 10.2. The Morgan fingerprint density at radius 1 is 1.67 bits per heavy atom. The Balaban J connectivity index is 3.18. The smallest absolute Gasteiger partial charge is 0.267 e. The lowest BCUT2D eigenvalue weighted by Gasteiger charge is -2.03. The van der Waals surface area contributed by atoms with Crippen LogP contribution in [0, 0.1) is 6.92 Å². The topological polar surface area (TPSA) is 34.9 Å². The van der Waals surface area contributed by atoms with Crippen LogP contribution in [-0.4, -0.2) is 9.55 Å². The van der Waals surface area contributed by atoms with E-state index in [0.717, 1.165) is 18.7 Å². The largest absolute Gasteiger partial charge is 0.298 e. The third kappa shape index (κ3) is 1.75. The van der Waals surface area contributed by atoms with Gasteiger partial charge in [0, 0.05) is 6.54 Å². The predicted octanol–water partition coefficient (Wildman–Crippen LogP) is 1.72. The fourth-order valence-electron chi connectivity index (χ4n) is 0.946. The van der Waals surface area contributed by atoms with Crippen molar-refractivity contribution in [3.05, 3.63) is 26.8 Å². The van der Waals surface area contributed by atoms with E-state index >= 15 is 0 Å². The summed E-state index contributed by atoms with van der Waals surface area (Å²) in [5, 5.41) is 0. The zero-order chi connectivity index (χ0) is 9.14. The van der Waals surface area contributed by atoms with Crippen LogP contribution in [0.1, 0.15) is 19.0 Å². The van der Waals surface area contributed by atoms with Crippen molar-refractivity contribution in [3.8, 4) is 0 Å². The van der Waals surface area contributed by atoms with E-state index in [1.165, 1.54) is 0 Å². The third-order valence-electron chi connectivity index (χ3n) is 1.62. The van der Waals surface area contributed by atoms with Gasteiger partial charge in [0.25, 0.3) is 5.56 Å². The lowest BCUT2D eigenvalue weighted by molar-refractivity contribution is 0.634. The summed E-state index contributed by atoms with van der Waals surface area (Å²) in [4.78, 5) is 15.5. The maximum Gasteiger partial charge on any atom is 0.267 e. The number of aromatic nitrogens is 2. The number of hydrogen-bond acceptors (Lipinski definition) is 2. The summed E-state index contributed by atoms with van der Waals surface area (Å²) < 4.78 is 2.18. The first-order valence-corrected chi connectivity index (χ1v) is 4.67. The number of rotatable bonds is 2. The van der Waals surface area contributed by atoms with Gasteiger partial charge in [0.05, 0.1) is 12.0 Å². The van der Waals surface area contributed by atoms with Gasteiger partial charge in [-0.15, -0.1) is 0 Å². The van der Waals surface area contributed by atoms with Crippen LogP contribution in [0.15, 0.2) is 15.6 Å². The first-order chi connectivity index (χ1) is 5.66. The van der Waals surface area contributed by atoms with E-state index in [4.69, 9.17) is 0 Å². The van der Waals surface area contributed by atoms with Gasteiger partial charge in [-0.05, 0) is 29.3 Å². The summed E-state index contributed by atoms with van der Waals surface area (Å²) in [6.45, 7) is 4.56. The molecule has 0 saturated carbocycles. The van der Waals surface area contributed by atoms with Crippen molar-refractivity contribution in [1.29, 1.82) is 0 Å². The molecule has 1 aromatic heterocycles. The molecular formula is C8H11BrN2O. The molecule has 0 amide bonds. The molecule has 0 bridgehead atoms. The first-order valence-electron chi connectivity index (χ1n) is 3.88. The molecule has 66 valence electrons. The van der Waals surface area contributed by atoms with Crippen LogP contribution in [-0.2, 0) is 6.54 Å². The van der Waals surface area contributed by atoms with E-state index in [0.29, 0.717) is 4.47 Å². The molecule has 0 N–H and O–H groups in total. The predicted molar refractivity (Wildman–Crippen MR) is 51.2 cm³/mol. The van der Waals surface area contributed by atoms with Crippen molar-refractivity contribution in [2.45, 2.75) is 26.8 Å². The van der Waals surface area contributed by atoms with Gasteiger partial charge in [0.1, 0.15) is 4.47 Å². The Morgan fingerprint density at radius 3 is 2.92 bits per heavy atom. The van der Waals surface area contributed by atoms with E-state index in [1.807, 2.05) is 13.8 Å². The van der Waals surface area contributed by atoms with Gasteiger partial charge >= 0.3 is 0 Å². The second-order valence-electron chi connectivity index (χ2n) is 2.64. The van der Waals surface area contributed by atoms with Gasteiger partial charge in [-0.1, -0.05) is 6.92 Å². The van der Waals surface area contributed by atoms with Gasteiger partial charge in [-0.2, -0.15) is 0 Å². The third-order valence-corrected chi connectivity index (χ3v) is 2.53. The maximum atomic E-state index is 11.5. The van der Waals surface area contributed by atoms with Gasteiger partial charge in [0.2, 0.25) is 0 Å². The highest BCUT2D eigenvalue weighted by Gasteiger charge is 2.03. The number of hydrogen-bond donors (Lipinski definition) is 0. The Kier molecular flexibility index (Phi) is 3.03. The summed E-state index contributed by atoms with van der Waals surface area (Å²) in [7, 11) is 0.